The lowest BCUT2D eigenvalue weighted by atomic mass is 9.92. The number of nitrogens with zero attached hydrogens (tertiary/aromatic N) is 3. The van der Waals surface area contributed by atoms with Crippen molar-refractivity contribution in [1.82, 2.24) is 15.0 Å². The van der Waals surface area contributed by atoms with E-state index in [-0.39, 0.29) is 17.9 Å². The predicted molar refractivity (Wildman–Crippen MR) is 114 cm³/mol. The zero-order valence-electron chi connectivity index (χ0n) is 17.5. The summed E-state index contributed by atoms with van der Waals surface area (Å²) < 4.78 is 10.9. The maximum absolute atomic E-state index is 13.5. The Morgan fingerprint density at radius 2 is 2.03 bits per heavy atom. The summed E-state index contributed by atoms with van der Waals surface area (Å²) in [7, 11) is 1.63. The molecule has 0 bridgehead atoms. The number of methoxy groups -OCH3 is 1. The molecular weight excluding hydrogens is 378 g/mol. The molecule has 1 aromatic heterocycles. The first-order valence-electron chi connectivity index (χ1n) is 10.5. The van der Waals surface area contributed by atoms with Crippen molar-refractivity contribution in [3.8, 4) is 17.1 Å². The molecule has 6 heteroatoms. The lowest BCUT2D eigenvalue weighted by Gasteiger charge is -2.35. The van der Waals surface area contributed by atoms with Crippen LogP contribution in [0.3, 0.4) is 0 Å². The number of likely N-dealkylation sites (tertiary alicyclic amines) is 1. The summed E-state index contributed by atoms with van der Waals surface area (Å²) in [5.74, 6) is 1.73. The number of aromatic nitrogens is 2. The second-order valence-electron chi connectivity index (χ2n) is 7.60. The molecule has 0 N–H and O–H groups in total. The fourth-order valence-electron chi connectivity index (χ4n) is 4.14. The van der Waals surface area contributed by atoms with Crippen LogP contribution in [0, 0.1) is 0 Å². The van der Waals surface area contributed by atoms with Gasteiger partial charge in [-0.2, -0.15) is 4.98 Å². The van der Waals surface area contributed by atoms with E-state index in [0.717, 1.165) is 42.6 Å². The van der Waals surface area contributed by atoms with Crippen molar-refractivity contribution in [3.05, 3.63) is 66.1 Å². The van der Waals surface area contributed by atoms with Gasteiger partial charge in [0.1, 0.15) is 11.8 Å². The third kappa shape index (κ3) is 4.08. The predicted octanol–water partition coefficient (Wildman–Crippen LogP) is 4.99. The SMILES string of the molecule is CCC(C(=O)N1CCCCC1c1nc(-c2cccc(OC)c2)no1)c1ccccc1. The second-order valence-corrected chi connectivity index (χ2v) is 7.60. The van der Waals surface area contributed by atoms with Gasteiger partial charge < -0.3 is 14.2 Å². The van der Waals surface area contributed by atoms with Gasteiger partial charge in [0.25, 0.3) is 0 Å². The first-order valence-corrected chi connectivity index (χ1v) is 10.5. The van der Waals surface area contributed by atoms with Crippen LogP contribution >= 0.6 is 0 Å². The summed E-state index contributed by atoms with van der Waals surface area (Å²) in [5, 5.41) is 4.17. The van der Waals surface area contributed by atoms with Crippen molar-refractivity contribution >= 4 is 5.91 Å². The van der Waals surface area contributed by atoms with Crippen LogP contribution in [0.5, 0.6) is 5.75 Å². The second kappa shape index (κ2) is 9.11. The molecule has 0 radical (unpaired) electrons. The minimum atomic E-state index is -0.184. The molecule has 0 spiro atoms. The standard InChI is InChI=1S/C24H27N3O3/c1-3-20(17-10-5-4-6-11-17)24(28)27-15-8-7-14-21(27)23-25-22(26-30-23)18-12-9-13-19(16-18)29-2/h4-6,9-13,16,20-21H,3,7-8,14-15H2,1-2H3. The molecule has 1 aliphatic heterocycles. The number of ether oxygens (including phenoxy) is 1. The lowest BCUT2D eigenvalue weighted by molar-refractivity contribution is -0.137. The molecule has 0 aliphatic carbocycles. The highest BCUT2D eigenvalue weighted by atomic mass is 16.5. The first-order chi connectivity index (χ1) is 14.7. The largest absolute Gasteiger partial charge is 0.497 e. The molecule has 2 atom stereocenters. The molecule has 3 aromatic rings. The number of benzene rings is 2. The summed E-state index contributed by atoms with van der Waals surface area (Å²) in [5.41, 5.74) is 1.88. The summed E-state index contributed by atoms with van der Waals surface area (Å²) >= 11 is 0. The highest BCUT2D eigenvalue weighted by molar-refractivity contribution is 5.84. The summed E-state index contributed by atoms with van der Waals surface area (Å²) in [4.78, 5) is 20.1. The van der Waals surface area contributed by atoms with Gasteiger partial charge in [0, 0.05) is 12.1 Å². The fraction of sp³-hybridized carbons (Fsp3) is 0.375. The lowest BCUT2D eigenvalue weighted by Crippen LogP contribution is -2.41. The molecule has 2 aromatic carbocycles. The van der Waals surface area contributed by atoms with Gasteiger partial charge in [-0.1, -0.05) is 54.5 Å². The average Bonchev–Trinajstić information content (AvgIpc) is 3.30. The highest BCUT2D eigenvalue weighted by Gasteiger charge is 2.35. The Balaban J connectivity index is 1.59. The van der Waals surface area contributed by atoms with E-state index in [1.54, 1.807) is 7.11 Å². The van der Waals surface area contributed by atoms with Crippen molar-refractivity contribution in [3.63, 3.8) is 0 Å². The van der Waals surface area contributed by atoms with E-state index in [1.807, 2.05) is 59.5 Å². The van der Waals surface area contributed by atoms with Crippen LogP contribution < -0.4 is 4.74 Å². The number of piperidine rings is 1. The minimum Gasteiger partial charge on any atom is -0.497 e. The van der Waals surface area contributed by atoms with Crippen LogP contribution in [0.1, 0.15) is 56.0 Å². The third-order valence-corrected chi connectivity index (χ3v) is 5.75. The Hall–Kier alpha value is -3.15. The van der Waals surface area contributed by atoms with Gasteiger partial charge in [-0.25, -0.2) is 0 Å². The van der Waals surface area contributed by atoms with Gasteiger partial charge in [-0.15, -0.1) is 0 Å². The third-order valence-electron chi connectivity index (χ3n) is 5.75. The molecule has 30 heavy (non-hydrogen) atoms. The molecule has 2 unspecified atom stereocenters. The maximum Gasteiger partial charge on any atom is 0.249 e. The average molecular weight is 405 g/mol. The van der Waals surface area contributed by atoms with Gasteiger partial charge >= 0.3 is 0 Å². The highest BCUT2D eigenvalue weighted by Crippen LogP contribution is 2.35. The van der Waals surface area contributed by atoms with Crippen LogP contribution in [0.15, 0.2) is 59.1 Å². The number of amides is 1. The Kier molecular flexibility index (Phi) is 6.12. The monoisotopic (exact) mass is 405 g/mol. The quantitative estimate of drug-likeness (QED) is 0.578. The van der Waals surface area contributed by atoms with Gasteiger partial charge in [0.05, 0.1) is 13.0 Å². The van der Waals surface area contributed by atoms with Crippen LogP contribution in [-0.4, -0.2) is 34.6 Å². The summed E-state index contributed by atoms with van der Waals surface area (Å²) in [6.45, 7) is 2.77. The zero-order valence-corrected chi connectivity index (χ0v) is 17.5. The Morgan fingerprint density at radius 3 is 2.80 bits per heavy atom. The van der Waals surface area contributed by atoms with E-state index < -0.39 is 0 Å². The number of carbonyl (C=O) groups is 1. The number of rotatable bonds is 6. The maximum atomic E-state index is 13.5. The topological polar surface area (TPSA) is 68.5 Å². The molecule has 6 nitrogen and oxygen atoms in total. The van der Waals surface area contributed by atoms with E-state index in [0.29, 0.717) is 18.3 Å². The normalized spacial score (nSPS) is 17.5. The van der Waals surface area contributed by atoms with E-state index in [4.69, 9.17) is 9.26 Å². The number of carbonyl (C=O) groups excluding carboxylic acids is 1. The molecule has 1 aliphatic rings. The van der Waals surface area contributed by atoms with Gasteiger partial charge in [0.2, 0.25) is 17.6 Å². The van der Waals surface area contributed by atoms with Crippen LogP contribution in [-0.2, 0) is 4.79 Å². The van der Waals surface area contributed by atoms with Crippen LogP contribution in [0.4, 0.5) is 0 Å². The van der Waals surface area contributed by atoms with E-state index in [9.17, 15) is 4.79 Å². The molecule has 156 valence electrons. The first kappa shape index (κ1) is 20.1. The van der Waals surface area contributed by atoms with E-state index in [2.05, 4.69) is 17.1 Å². The van der Waals surface area contributed by atoms with Gasteiger partial charge in [0.15, 0.2) is 0 Å². The van der Waals surface area contributed by atoms with Gasteiger partial charge in [-0.3, -0.25) is 4.79 Å². The van der Waals surface area contributed by atoms with Gasteiger partial charge in [-0.05, 0) is 43.4 Å². The van der Waals surface area contributed by atoms with Crippen LogP contribution in [0.25, 0.3) is 11.4 Å². The summed E-state index contributed by atoms with van der Waals surface area (Å²) in [6.07, 6.45) is 3.61. The zero-order chi connectivity index (χ0) is 20.9. The van der Waals surface area contributed by atoms with Crippen molar-refractivity contribution in [2.75, 3.05) is 13.7 Å². The molecule has 4 rings (SSSR count). The molecule has 2 heterocycles. The molecular formula is C24H27N3O3. The minimum absolute atomic E-state index is 0.134. The Morgan fingerprint density at radius 1 is 1.20 bits per heavy atom. The van der Waals surface area contributed by atoms with Crippen molar-refractivity contribution < 1.29 is 14.1 Å². The van der Waals surface area contributed by atoms with E-state index >= 15 is 0 Å². The molecule has 0 saturated carbocycles. The Bertz CT molecular complexity index is 986. The molecule has 1 fully saturated rings. The van der Waals surface area contributed by atoms with Crippen molar-refractivity contribution in [2.24, 2.45) is 0 Å². The molecule has 1 saturated heterocycles. The fourth-order valence-corrected chi connectivity index (χ4v) is 4.14. The van der Waals surface area contributed by atoms with Crippen molar-refractivity contribution in [1.29, 1.82) is 0 Å². The van der Waals surface area contributed by atoms with E-state index in [1.165, 1.54) is 0 Å². The Labute approximate surface area is 176 Å². The van der Waals surface area contributed by atoms with Crippen LogP contribution in [0.2, 0.25) is 0 Å². The van der Waals surface area contributed by atoms with Crippen molar-refractivity contribution in [2.45, 2.75) is 44.6 Å². The number of hydrogen-bond donors (Lipinski definition) is 0. The smallest absolute Gasteiger partial charge is 0.249 e. The molecule has 1 amide bonds. The summed E-state index contributed by atoms with van der Waals surface area (Å²) in [6, 6.07) is 17.4. The number of hydrogen-bond acceptors (Lipinski definition) is 5.